The Bertz CT molecular complexity index is 541. The Morgan fingerprint density at radius 3 is 2.55 bits per heavy atom. The number of rotatable bonds is 3. The van der Waals surface area contributed by atoms with Crippen LogP contribution in [0.15, 0.2) is 18.2 Å². The van der Waals surface area contributed by atoms with E-state index >= 15 is 0 Å². The Hall–Kier alpha value is -1.75. The molecule has 2 aliphatic heterocycles. The average molecular weight is 303 g/mol. The number of amides is 1. The first-order chi connectivity index (χ1) is 10.5. The highest BCUT2D eigenvalue weighted by Gasteiger charge is 2.41. The molecule has 2 unspecified atom stereocenters. The van der Waals surface area contributed by atoms with Gasteiger partial charge in [0, 0.05) is 23.8 Å². The van der Waals surface area contributed by atoms with Crippen LogP contribution in [0.4, 0.5) is 10.5 Å². The maximum atomic E-state index is 11.8. The van der Waals surface area contributed by atoms with E-state index < -0.39 is 6.09 Å². The van der Waals surface area contributed by atoms with Gasteiger partial charge < -0.3 is 20.6 Å². The molecule has 0 aliphatic carbocycles. The number of aryl methyl sites for hydroxylation is 1. The van der Waals surface area contributed by atoms with E-state index in [0.29, 0.717) is 24.3 Å². The van der Waals surface area contributed by atoms with Crippen molar-refractivity contribution in [3.63, 3.8) is 0 Å². The Balaban J connectivity index is 1.81. The van der Waals surface area contributed by atoms with Crippen LogP contribution in [-0.4, -0.2) is 46.2 Å². The zero-order valence-corrected chi connectivity index (χ0v) is 13.3. The summed E-state index contributed by atoms with van der Waals surface area (Å²) in [4.78, 5) is 15.8. The van der Waals surface area contributed by atoms with E-state index in [9.17, 15) is 9.90 Å². The highest BCUT2D eigenvalue weighted by atomic mass is 16.4. The van der Waals surface area contributed by atoms with Crippen molar-refractivity contribution in [2.45, 2.75) is 57.3 Å². The Morgan fingerprint density at radius 2 is 2.00 bits per heavy atom. The number of anilines is 1. The molecule has 0 spiro atoms. The number of hydrogen-bond acceptors (Lipinski definition) is 3. The number of nitrogens with two attached hydrogens (primary N) is 1. The molecule has 0 saturated carbocycles. The maximum absolute atomic E-state index is 11.8. The molecule has 22 heavy (non-hydrogen) atoms. The lowest BCUT2D eigenvalue weighted by atomic mass is 9.95. The number of nitrogens with zero attached hydrogens (tertiary/aromatic N) is 2. The van der Waals surface area contributed by atoms with Crippen LogP contribution in [0.3, 0.4) is 0 Å². The minimum atomic E-state index is -0.836. The molecular weight excluding hydrogens is 278 g/mol. The van der Waals surface area contributed by atoms with Gasteiger partial charge in [0.15, 0.2) is 0 Å². The van der Waals surface area contributed by atoms with Crippen molar-refractivity contribution >= 4 is 11.8 Å². The van der Waals surface area contributed by atoms with Crippen LogP contribution < -0.4 is 5.73 Å². The maximum Gasteiger partial charge on any atom is 0.407 e. The van der Waals surface area contributed by atoms with Crippen molar-refractivity contribution in [2.75, 3.05) is 12.8 Å². The highest BCUT2D eigenvalue weighted by Crippen LogP contribution is 2.37. The van der Waals surface area contributed by atoms with Gasteiger partial charge in [-0.15, -0.1) is 0 Å². The summed E-state index contributed by atoms with van der Waals surface area (Å²) in [6, 6.07) is 6.91. The average Bonchev–Trinajstić information content (AvgIpc) is 2.69. The van der Waals surface area contributed by atoms with Crippen LogP contribution in [0.5, 0.6) is 0 Å². The first-order valence-corrected chi connectivity index (χ1v) is 8.03. The number of piperidine rings is 1. The quantitative estimate of drug-likeness (QED) is 0.842. The smallest absolute Gasteiger partial charge is 0.407 e. The van der Waals surface area contributed by atoms with E-state index in [1.807, 2.05) is 25.1 Å². The van der Waals surface area contributed by atoms with Crippen molar-refractivity contribution in [1.82, 2.24) is 9.80 Å². The summed E-state index contributed by atoms with van der Waals surface area (Å²) in [7, 11) is 2.17. The van der Waals surface area contributed by atoms with Crippen molar-refractivity contribution in [1.29, 1.82) is 0 Å². The molecule has 2 fully saturated rings. The van der Waals surface area contributed by atoms with Gasteiger partial charge in [-0.3, -0.25) is 0 Å². The van der Waals surface area contributed by atoms with Gasteiger partial charge in [-0.2, -0.15) is 0 Å². The molecule has 120 valence electrons. The third-order valence-electron chi connectivity index (χ3n) is 5.53. The second-order valence-corrected chi connectivity index (χ2v) is 6.73. The van der Waals surface area contributed by atoms with E-state index in [1.165, 1.54) is 12.8 Å². The van der Waals surface area contributed by atoms with E-state index in [2.05, 4.69) is 11.9 Å². The van der Waals surface area contributed by atoms with E-state index in [-0.39, 0.29) is 6.04 Å². The van der Waals surface area contributed by atoms with E-state index in [4.69, 9.17) is 5.73 Å². The molecule has 2 atom stereocenters. The van der Waals surface area contributed by atoms with Gasteiger partial charge in [0.2, 0.25) is 0 Å². The molecule has 5 nitrogen and oxygen atoms in total. The van der Waals surface area contributed by atoms with Crippen molar-refractivity contribution < 1.29 is 9.90 Å². The molecule has 0 aromatic heterocycles. The number of benzene rings is 1. The Labute approximate surface area is 131 Å². The molecule has 0 radical (unpaired) electrons. The van der Waals surface area contributed by atoms with Crippen LogP contribution in [0.25, 0.3) is 0 Å². The van der Waals surface area contributed by atoms with Crippen molar-refractivity contribution in [2.24, 2.45) is 0 Å². The normalized spacial score (nSPS) is 27.8. The van der Waals surface area contributed by atoms with Crippen molar-refractivity contribution in [3.05, 3.63) is 29.3 Å². The topological polar surface area (TPSA) is 69.8 Å². The summed E-state index contributed by atoms with van der Waals surface area (Å²) >= 11 is 0. The summed E-state index contributed by atoms with van der Waals surface area (Å²) in [6.07, 6.45) is 3.42. The third kappa shape index (κ3) is 2.65. The van der Waals surface area contributed by atoms with Gasteiger partial charge in [0.05, 0.1) is 6.54 Å². The second-order valence-electron chi connectivity index (χ2n) is 6.73. The largest absolute Gasteiger partial charge is 0.465 e. The van der Waals surface area contributed by atoms with Crippen LogP contribution in [-0.2, 0) is 6.54 Å². The fraction of sp³-hybridized carbons (Fsp3) is 0.588. The first-order valence-electron chi connectivity index (χ1n) is 8.03. The zero-order chi connectivity index (χ0) is 15.9. The molecule has 2 heterocycles. The van der Waals surface area contributed by atoms with Crippen LogP contribution in [0.2, 0.25) is 0 Å². The van der Waals surface area contributed by atoms with Gasteiger partial charge in [-0.1, -0.05) is 12.1 Å². The predicted octanol–water partition coefficient (Wildman–Crippen LogP) is 2.68. The SMILES string of the molecule is Cc1cccc(N)c1CN(C(=O)O)C1CC2CCC(C1)N2C. The number of hydrogen-bond donors (Lipinski definition) is 2. The highest BCUT2D eigenvalue weighted by molar-refractivity contribution is 5.66. The second kappa shape index (κ2) is 5.80. The summed E-state index contributed by atoms with van der Waals surface area (Å²) in [5.41, 5.74) is 8.74. The summed E-state index contributed by atoms with van der Waals surface area (Å²) in [5.74, 6) is 0. The lowest BCUT2D eigenvalue weighted by molar-refractivity contribution is 0.0659. The number of fused-ring (bicyclic) bond motifs is 2. The molecule has 3 N–H and O–H groups in total. The van der Waals surface area contributed by atoms with Gasteiger partial charge in [-0.05, 0) is 56.8 Å². The monoisotopic (exact) mass is 303 g/mol. The zero-order valence-electron chi connectivity index (χ0n) is 13.3. The van der Waals surface area contributed by atoms with Gasteiger partial charge in [0.25, 0.3) is 0 Å². The standard InChI is InChI=1S/C17H25N3O2/c1-11-4-3-5-16(18)15(11)10-20(17(21)22)14-8-12-6-7-13(9-14)19(12)2/h3-5,12-14H,6-10,18H2,1-2H3,(H,21,22). The van der Waals surface area contributed by atoms with E-state index in [0.717, 1.165) is 24.0 Å². The molecule has 5 heteroatoms. The minimum Gasteiger partial charge on any atom is -0.465 e. The summed E-state index contributed by atoms with van der Waals surface area (Å²) < 4.78 is 0. The van der Waals surface area contributed by atoms with Crippen LogP contribution in [0, 0.1) is 6.92 Å². The minimum absolute atomic E-state index is 0.102. The van der Waals surface area contributed by atoms with E-state index in [1.54, 1.807) is 4.90 Å². The van der Waals surface area contributed by atoms with Crippen molar-refractivity contribution in [3.8, 4) is 0 Å². The summed E-state index contributed by atoms with van der Waals surface area (Å²) in [6.45, 7) is 2.38. The third-order valence-corrected chi connectivity index (χ3v) is 5.53. The fourth-order valence-electron chi connectivity index (χ4n) is 4.10. The number of carboxylic acid groups (broad SMARTS) is 1. The fourth-order valence-corrected chi connectivity index (χ4v) is 4.10. The lowest BCUT2D eigenvalue weighted by Crippen LogP contribution is -2.50. The Kier molecular flexibility index (Phi) is 4.00. The van der Waals surface area contributed by atoms with Crippen LogP contribution in [0.1, 0.15) is 36.8 Å². The molecule has 2 saturated heterocycles. The molecule has 1 amide bonds. The first kappa shape index (κ1) is 15.2. The lowest BCUT2D eigenvalue weighted by Gasteiger charge is -2.41. The molecule has 1 aromatic rings. The predicted molar refractivity (Wildman–Crippen MR) is 86.8 cm³/mol. The van der Waals surface area contributed by atoms with Gasteiger partial charge >= 0.3 is 6.09 Å². The summed E-state index contributed by atoms with van der Waals surface area (Å²) in [5, 5.41) is 9.70. The molecule has 3 rings (SSSR count). The number of carbonyl (C=O) groups is 1. The van der Waals surface area contributed by atoms with Gasteiger partial charge in [0.1, 0.15) is 0 Å². The molecule has 2 bridgehead atoms. The number of nitrogen functional groups attached to an aromatic ring is 1. The van der Waals surface area contributed by atoms with Crippen LogP contribution >= 0.6 is 0 Å². The Morgan fingerprint density at radius 1 is 1.36 bits per heavy atom. The molecular formula is C17H25N3O2. The molecule has 1 aromatic carbocycles. The van der Waals surface area contributed by atoms with Gasteiger partial charge in [-0.25, -0.2) is 4.79 Å². The molecule has 2 aliphatic rings.